The molecule has 7 nitrogen and oxygen atoms in total. The molecule has 104 valence electrons. The first kappa shape index (κ1) is 13.8. The van der Waals surface area contributed by atoms with Crippen LogP contribution in [0.3, 0.4) is 0 Å². The quantitative estimate of drug-likeness (QED) is 0.624. The number of nitrogens with zero attached hydrogens (tertiary/aromatic N) is 3. The number of aromatic nitrogens is 2. The van der Waals surface area contributed by atoms with E-state index in [0.29, 0.717) is 17.4 Å². The molecular weight excluding hydrogens is 268 g/mol. The zero-order valence-corrected chi connectivity index (χ0v) is 11.6. The Balaban J connectivity index is 2.30. The van der Waals surface area contributed by atoms with Crippen molar-refractivity contribution in [3.05, 3.63) is 21.7 Å². The van der Waals surface area contributed by atoms with Crippen LogP contribution in [0.25, 0.3) is 4.96 Å². The molecule has 19 heavy (non-hydrogen) atoms. The Labute approximate surface area is 114 Å². The van der Waals surface area contributed by atoms with Gasteiger partial charge in [0.1, 0.15) is 6.20 Å². The van der Waals surface area contributed by atoms with Crippen LogP contribution >= 0.6 is 11.3 Å². The van der Waals surface area contributed by atoms with Crippen molar-refractivity contribution in [2.75, 3.05) is 19.0 Å². The fourth-order valence-electron chi connectivity index (χ4n) is 1.99. The van der Waals surface area contributed by atoms with Gasteiger partial charge >= 0.3 is 5.82 Å². The van der Waals surface area contributed by atoms with E-state index < -0.39 is 4.92 Å². The Morgan fingerprint density at radius 2 is 2.47 bits per heavy atom. The molecule has 0 aliphatic carbocycles. The minimum absolute atomic E-state index is 0.0199. The third-order valence-electron chi connectivity index (χ3n) is 2.76. The van der Waals surface area contributed by atoms with Crippen molar-refractivity contribution in [1.82, 2.24) is 9.38 Å². The first-order chi connectivity index (χ1) is 9.17. The van der Waals surface area contributed by atoms with Gasteiger partial charge in [0.25, 0.3) is 4.96 Å². The van der Waals surface area contributed by atoms with Gasteiger partial charge in [-0.25, -0.2) is 0 Å². The summed E-state index contributed by atoms with van der Waals surface area (Å²) < 4.78 is 6.61. The van der Waals surface area contributed by atoms with Crippen molar-refractivity contribution in [3.63, 3.8) is 0 Å². The number of methoxy groups -OCH3 is 1. The maximum absolute atomic E-state index is 11.2. The van der Waals surface area contributed by atoms with Gasteiger partial charge in [0, 0.05) is 12.5 Å². The first-order valence-corrected chi connectivity index (χ1v) is 6.90. The summed E-state index contributed by atoms with van der Waals surface area (Å²) in [6.07, 6.45) is 3.49. The van der Waals surface area contributed by atoms with Gasteiger partial charge in [-0.2, -0.15) is 9.38 Å². The molecule has 0 spiro atoms. The normalized spacial score (nSPS) is 12.7. The van der Waals surface area contributed by atoms with E-state index in [4.69, 9.17) is 4.74 Å². The second kappa shape index (κ2) is 5.98. The molecule has 0 aliphatic rings. The number of nitro groups is 1. The summed E-state index contributed by atoms with van der Waals surface area (Å²) >= 11 is 1.37. The van der Waals surface area contributed by atoms with E-state index in [1.54, 1.807) is 18.7 Å². The zero-order chi connectivity index (χ0) is 13.8. The van der Waals surface area contributed by atoms with Crippen LogP contribution in [0.15, 0.2) is 11.6 Å². The van der Waals surface area contributed by atoms with E-state index in [-0.39, 0.29) is 11.9 Å². The summed E-state index contributed by atoms with van der Waals surface area (Å²) in [5.41, 5.74) is 0. The molecule has 2 aromatic heterocycles. The molecule has 0 radical (unpaired) electrons. The first-order valence-electron chi connectivity index (χ1n) is 6.02. The van der Waals surface area contributed by atoms with Crippen molar-refractivity contribution in [1.29, 1.82) is 0 Å². The molecule has 0 bridgehead atoms. The third kappa shape index (κ3) is 2.85. The molecule has 0 aromatic carbocycles. The maximum Gasteiger partial charge on any atom is 0.372 e. The number of rotatable bonds is 7. The average molecular weight is 284 g/mol. The predicted octanol–water partition coefficient (Wildman–Crippen LogP) is 2.53. The van der Waals surface area contributed by atoms with Gasteiger partial charge in [-0.05, 0) is 11.3 Å². The monoisotopic (exact) mass is 284 g/mol. The van der Waals surface area contributed by atoms with Gasteiger partial charge in [0.2, 0.25) is 5.82 Å². The summed E-state index contributed by atoms with van der Waals surface area (Å²) in [7, 11) is 1.62. The minimum Gasteiger partial charge on any atom is -0.383 e. The van der Waals surface area contributed by atoms with Gasteiger partial charge in [-0.3, -0.25) is 0 Å². The highest BCUT2D eigenvalue weighted by Crippen LogP contribution is 2.28. The lowest BCUT2D eigenvalue weighted by Gasteiger charge is -2.16. The Morgan fingerprint density at radius 3 is 3.11 bits per heavy atom. The highest BCUT2D eigenvalue weighted by molar-refractivity contribution is 7.15. The highest BCUT2D eigenvalue weighted by atomic mass is 32.1. The van der Waals surface area contributed by atoms with Crippen LogP contribution in [0.5, 0.6) is 0 Å². The predicted molar refractivity (Wildman–Crippen MR) is 73.9 cm³/mol. The van der Waals surface area contributed by atoms with Crippen LogP contribution in [0.2, 0.25) is 0 Å². The molecule has 1 atom stereocenters. The van der Waals surface area contributed by atoms with Gasteiger partial charge in [0.05, 0.1) is 12.6 Å². The Kier molecular flexibility index (Phi) is 4.33. The molecule has 0 saturated heterocycles. The molecule has 1 N–H and O–H groups in total. The molecule has 1 unspecified atom stereocenters. The molecule has 0 fully saturated rings. The maximum atomic E-state index is 11.2. The Hall–Kier alpha value is -1.67. The summed E-state index contributed by atoms with van der Waals surface area (Å²) in [6.45, 7) is 2.56. The number of nitrogens with one attached hydrogen (secondary N) is 1. The number of thiazole rings is 1. The van der Waals surface area contributed by atoms with Crippen LogP contribution in [-0.4, -0.2) is 34.1 Å². The largest absolute Gasteiger partial charge is 0.383 e. The fraction of sp³-hybridized carbons (Fsp3) is 0.545. The Morgan fingerprint density at radius 1 is 1.68 bits per heavy atom. The Bertz CT molecular complexity index is 559. The number of ether oxygens (including phenoxy) is 1. The van der Waals surface area contributed by atoms with Gasteiger partial charge in [-0.15, -0.1) is 0 Å². The molecule has 2 aromatic rings. The van der Waals surface area contributed by atoms with E-state index >= 15 is 0 Å². The number of fused-ring (bicyclic) bond motifs is 1. The molecule has 0 aliphatic heterocycles. The molecule has 0 amide bonds. The van der Waals surface area contributed by atoms with E-state index in [9.17, 15) is 10.1 Å². The minimum atomic E-state index is -0.412. The van der Waals surface area contributed by atoms with Crippen LogP contribution in [0, 0.1) is 10.1 Å². The van der Waals surface area contributed by atoms with Gasteiger partial charge in [0.15, 0.2) is 0 Å². The topological polar surface area (TPSA) is 81.7 Å². The SMILES string of the molecule is CCCC(COC)Nc1nc2sccn2c1[N+](=O)[O-]. The van der Waals surface area contributed by atoms with Crippen LogP contribution in [0.4, 0.5) is 11.6 Å². The van der Waals surface area contributed by atoms with Crippen molar-refractivity contribution < 1.29 is 9.66 Å². The number of anilines is 1. The van der Waals surface area contributed by atoms with E-state index in [0.717, 1.165) is 12.8 Å². The molecule has 2 rings (SSSR count). The van der Waals surface area contributed by atoms with Crippen molar-refractivity contribution >= 4 is 27.9 Å². The summed E-state index contributed by atoms with van der Waals surface area (Å²) in [5.74, 6) is 0.292. The lowest BCUT2D eigenvalue weighted by atomic mass is 10.2. The van der Waals surface area contributed by atoms with Crippen LogP contribution in [-0.2, 0) is 4.74 Å². The van der Waals surface area contributed by atoms with Crippen LogP contribution in [0.1, 0.15) is 19.8 Å². The van der Waals surface area contributed by atoms with Crippen LogP contribution < -0.4 is 5.32 Å². The number of imidazole rings is 1. The molecular formula is C11H16N4O3S. The van der Waals surface area contributed by atoms with Crippen molar-refractivity contribution in [3.8, 4) is 0 Å². The molecule has 2 heterocycles. The number of hydrogen-bond acceptors (Lipinski definition) is 6. The van der Waals surface area contributed by atoms with Crippen molar-refractivity contribution in [2.24, 2.45) is 0 Å². The zero-order valence-electron chi connectivity index (χ0n) is 10.8. The molecule has 8 heteroatoms. The van der Waals surface area contributed by atoms with Gasteiger partial charge < -0.3 is 20.2 Å². The van der Waals surface area contributed by atoms with E-state index in [2.05, 4.69) is 17.2 Å². The van der Waals surface area contributed by atoms with Crippen molar-refractivity contribution in [2.45, 2.75) is 25.8 Å². The lowest BCUT2D eigenvalue weighted by Crippen LogP contribution is -2.25. The van der Waals surface area contributed by atoms with Gasteiger partial charge in [-0.1, -0.05) is 24.7 Å². The molecule has 0 saturated carbocycles. The smallest absolute Gasteiger partial charge is 0.372 e. The second-order valence-corrected chi connectivity index (χ2v) is 5.06. The van der Waals surface area contributed by atoms with E-state index in [1.165, 1.54) is 15.7 Å². The average Bonchev–Trinajstić information content (AvgIpc) is 2.88. The summed E-state index contributed by atoms with van der Waals surface area (Å²) in [4.78, 5) is 15.6. The fourth-order valence-corrected chi connectivity index (χ4v) is 2.69. The number of hydrogen-bond donors (Lipinski definition) is 1. The standard InChI is InChI=1S/C11H16N4O3S/c1-3-4-8(7-18-2)12-9-10(15(16)17)14-5-6-19-11(14)13-9/h5-6,8,12H,3-4,7H2,1-2H3. The lowest BCUT2D eigenvalue weighted by molar-refractivity contribution is -0.389. The third-order valence-corrected chi connectivity index (χ3v) is 3.51. The van der Waals surface area contributed by atoms with E-state index in [1.807, 2.05) is 0 Å². The summed E-state index contributed by atoms with van der Waals surface area (Å²) in [5, 5.41) is 16.1. The summed E-state index contributed by atoms with van der Waals surface area (Å²) in [6, 6.07) is 0.0262. The highest BCUT2D eigenvalue weighted by Gasteiger charge is 2.25. The second-order valence-electron chi connectivity index (χ2n) is 4.18.